The molecule has 0 radical (unpaired) electrons. The molecule has 0 aromatic carbocycles. The van der Waals surface area contributed by atoms with Crippen molar-refractivity contribution in [2.45, 2.75) is 33.1 Å². The Labute approximate surface area is 101 Å². The number of unbranched alkanes of at least 4 members (excludes halogenated alkanes) is 1. The van der Waals surface area contributed by atoms with Gasteiger partial charge in [0.2, 0.25) is 5.13 Å². The number of aryl methyl sites for hydroxylation is 1. The summed E-state index contributed by atoms with van der Waals surface area (Å²) in [6, 6.07) is 0. The Morgan fingerprint density at radius 2 is 2.13 bits per heavy atom. The summed E-state index contributed by atoms with van der Waals surface area (Å²) in [5, 5.41) is 1.01. The van der Waals surface area contributed by atoms with Gasteiger partial charge in [-0.3, -0.25) is 0 Å². The molecule has 0 spiro atoms. The zero-order chi connectivity index (χ0) is 11.1. The third-order valence-corrected chi connectivity index (χ3v) is 3.16. The van der Waals surface area contributed by atoms with Crippen LogP contribution >= 0.6 is 23.1 Å². The largest absolute Gasteiger partial charge is 0.346 e. The van der Waals surface area contributed by atoms with E-state index < -0.39 is 0 Å². The lowest BCUT2D eigenvalue weighted by Gasteiger charge is -2.19. The molecule has 1 aromatic rings. The van der Waals surface area contributed by atoms with Crippen LogP contribution in [0.5, 0.6) is 0 Å². The highest BCUT2D eigenvalue weighted by Crippen LogP contribution is 2.18. The van der Waals surface area contributed by atoms with Gasteiger partial charge in [0.15, 0.2) is 0 Å². The first-order chi connectivity index (χ1) is 7.31. The molecule has 15 heavy (non-hydrogen) atoms. The summed E-state index contributed by atoms with van der Waals surface area (Å²) < 4.78 is 4.29. The second-order valence-corrected chi connectivity index (χ2v) is 4.48. The zero-order valence-electron chi connectivity index (χ0n) is 9.37. The van der Waals surface area contributed by atoms with Crippen molar-refractivity contribution in [1.29, 1.82) is 0 Å². The first kappa shape index (κ1) is 12.7. The van der Waals surface area contributed by atoms with Crippen molar-refractivity contribution in [3.63, 3.8) is 0 Å². The molecule has 1 heterocycles. The van der Waals surface area contributed by atoms with Crippen LogP contribution in [0.2, 0.25) is 0 Å². The fraction of sp³-hybridized carbons (Fsp3) is 0.800. The van der Waals surface area contributed by atoms with Gasteiger partial charge >= 0.3 is 0 Å². The molecule has 0 saturated carbocycles. The van der Waals surface area contributed by atoms with Crippen LogP contribution in [-0.4, -0.2) is 28.3 Å². The predicted octanol–water partition coefficient (Wildman–Crippen LogP) is 2.95. The van der Waals surface area contributed by atoms with Crippen LogP contribution in [0.3, 0.4) is 0 Å². The Balaban J connectivity index is 2.60. The van der Waals surface area contributed by atoms with E-state index >= 15 is 0 Å². The molecule has 3 nitrogen and oxygen atoms in total. The summed E-state index contributed by atoms with van der Waals surface area (Å²) in [6.45, 7) is 6.15. The van der Waals surface area contributed by atoms with E-state index in [4.69, 9.17) is 11.6 Å². The molecule has 5 heteroatoms. The van der Waals surface area contributed by atoms with Crippen LogP contribution in [0, 0.1) is 0 Å². The predicted molar refractivity (Wildman–Crippen MR) is 67.1 cm³/mol. The average Bonchev–Trinajstić information content (AvgIpc) is 2.72. The molecule has 1 rings (SSSR count). The quantitative estimate of drug-likeness (QED) is 0.694. The standard InChI is InChI=1S/C10H18ClN3S/c1-3-5-7-14(8-6-11)10-12-9(4-2)13-15-10/h3-8H2,1-2H3. The monoisotopic (exact) mass is 247 g/mol. The Morgan fingerprint density at radius 3 is 2.67 bits per heavy atom. The molecular weight excluding hydrogens is 230 g/mol. The molecule has 0 aliphatic carbocycles. The van der Waals surface area contributed by atoms with Crippen LogP contribution in [-0.2, 0) is 6.42 Å². The minimum atomic E-state index is 0.644. The fourth-order valence-corrected chi connectivity index (χ4v) is 2.28. The minimum Gasteiger partial charge on any atom is -0.346 e. The number of alkyl halides is 1. The maximum absolute atomic E-state index is 5.78. The van der Waals surface area contributed by atoms with Gasteiger partial charge in [-0.1, -0.05) is 20.3 Å². The van der Waals surface area contributed by atoms with E-state index in [2.05, 4.69) is 28.1 Å². The van der Waals surface area contributed by atoms with Gasteiger partial charge in [-0.15, -0.1) is 11.6 Å². The normalized spacial score (nSPS) is 10.6. The molecule has 0 N–H and O–H groups in total. The van der Waals surface area contributed by atoms with Crippen molar-refractivity contribution in [3.8, 4) is 0 Å². The second kappa shape index (κ2) is 7.01. The van der Waals surface area contributed by atoms with Gasteiger partial charge in [-0.25, -0.2) is 4.98 Å². The lowest BCUT2D eigenvalue weighted by atomic mass is 10.3. The number of aromatic nitrogens is 2. The molecule has 0 bridgehead atoms. The van der Waals surface area contributed by atoms with Crippen LogP contribution in [0.15, 0.2) is 0 Å². The number of anilines is 1. The van der Waals surface area contributed by atoms with E-state index in [1.54, 1.807) is 0 Å². The van der Waals surface area contributed by atoms with Crippen LogP contribution in [0.1, 0.15) is 32.5 Å². The minimum absolute atomic E-state index is 0.644. The Morgan fingerprint density at radius 1 is 1.33 bits per heavy atom. The summed E-state index contributed by atoms with van der Waals surface area (Å²) >= 11 is 7.26. The molecule has 0 aliphatic heterocycles. The van der Waals surface area contributed by atoms with E-state index in [0.29, 0.717) is 5.88 Å². The maximum Gasteiger partial charge on any atom is 0.205 e. The van der Waals surface area contributed by atoms with Gasteiger partial charge < -0.3 is 4.90 Å². The Kier molecular flexibility index (Phi) is 5.95. The Bertz CT molecular complexity index is 277. The smallest absolute Gasteiger partial charge is 0.205 e. The Hall–Kier alpha value is -0.350. The number of halogens is 1. The molecule has 0 unspecified atom stereocenters. The van der Waals surface area contributed by atoms with Gasteiger partial charge in [-0.05, 0) is 6.42 Å². The highest BCUT2D eigenvalue weighted by Gasteiger charge is 2.10. The van der Waals surface area contributed by atoms with Crippen molar-refractivity contribution in [2.24, 2.45) is 0 Å². The van der Waals surface area contributed by atoms with Gasteiger partial charge in [0.1, 0.15) is 5.82 Å². The lowest BCUT2D eigenvalue weighted by molar-refractivity contribution is 0.730. The molecule has 0 saturated heterocycles. The molecule has 1 aromatic heterocycles. The average molecular weight is 248 g/mol. The lowest BCUT2D eigenvalue weighted by Crippen LogP contribution is -2.26. The SMILES string of the molecule is CCCCN(CCCl)c1nc(CC)ns1. The molecular formula is C10H18ClN3S. The summed E-state index contributed by atoms with van der Waals surface area (Å²) in [7, 11) is 0. The zero-order valence-corrected chi connectivity index (χ0v) is 10.9. The summed E-state index contributed by atoms with van der Waals surface area (Å²) in [5.41, 5.74) is 0. The highest BCUT2D eigenvalue weighted by molar-refractivity contribution is 7.09. The molecule has 0 aliphatic rings. The fourth-order valence-electron chi connectivity index (χ4n) is 1.27. The molecule has 86 valence electrons. The number of hydrogen-bond acceptors (Lipinski definition) is 4. The number of nitrogens with zero attached hydrogens (tertiary/aromatic N) is 3. The topological polar surface area (TPSA) is 29.0 Å². The number of hydrogen-bond donors (Lipinski definition) is 0. The van der Waals surface area contributed by atoms with E-state index in [9.17, 15) is 0 Å². The van der Waals surface area contributed by atoms with Crippen LogP contribution < -0.4 is 4.90 Å². The van der Waals surface area contributed by atoms with Gasteiger partial charge in [0, 0.05) is 36.9 Å². The van der Waals surface area contributed by atoms with Gasteiger partial charge in [0.25, 0.3) is 0 Å². The molecule has 0 amide bonds. The third kappa shape index (κ3) is 3.95. The van der Waals surface area contributed by atoms with Gasteiger partial charge in [-0.2, -0.15) is 4.37 Å². The van der Waals surface area contributed by atoms with Crippen molar-refractivity contribution in [3.05, 3.63) is 5.82 Å². The molecule has 0 fully saturated rings. The van der Waals surface area contributed by atoms with E-state index in [-0.39, 0.29) is 0 Å². The van der Waals surface area contributed by atoms with Crippen molar-refractivity contribution in [1.82, 2.24) is 9.36 Å². The van der Waals surface area contributed by atoms with E-state index in [1.807, 2.05) is 0 Å². The van der Waals surface area contributed by atoms with Crippen LogP contribution in [0.4, 0.5) is 5.13 Å². The van der Waals surface area contributed by atoms with Crippen LogP contribution in [0.25, 0.3) is 0 Å². The van der Waals surface area contributed by atoms with E-state index in [0.717, 1.165) is 30.5 Å². The second-order valence-electron chi connectivity index (χ2n) is 3.38. The highest BCUT2D eigenvalue weighted by atomic mass is 35.5. The van der Waals surface area contributed by atoms with Crippen molar-refractivity contribution >= 4 is 28.3 Å². The van der Waals surface area contributed by atoms with Gasteiger partial charge in [0.05, 0.1) is 0 Å². The summed E-state index contributed by atoms with van der Waals surface area (Å²) in [6.07, 6.45) is 3.27. The van der Waals surface area contributed by atoms with Crippen molar-refractivity contribution < 1.29 is 0 Å². The first-order valence-electron chi connectivity index (χ1n) is 5.45. The number of rotatable bonds is 7. The maximum atomic E-state index is 5.78. The summed E-state index contributed by atoms with van der Waals surface area (Å²) in [5.74, 6) is 1.58. The van der Waals surface area contributed by atoms with Crippen molar-refractivity contribution in [2.75, 3.05) is 23.9 Å². The summed E-state index contributed by atoms with van der Waals surface area (Å²) in [4.78, 5) is 6.70. The molecule has 0 atom stereocenters. The first-order valence-corrected chi connectivity index (χ1v) is 6.76. The third-order valence-electron chi connectivity index (χ3n) is 2.18. The van der Waals surface area contributed by atoms with E-state index in [1.165, 1.54) is 24.4 Å².